The summed E-state index contributed by atoms with van der Waals surface area (Å²) < 4.78 is 2.16. The molecule has 0 bridgehead atoms. The van der Waals surface area contributed by atoms with E-state index in [-0.39, 0.29) is 24.0 Å². The Morgan fingerprint density at radius 1 is 1.13 bits per heavy atom. The van der Waals surface area contributed by atoms with Crippen molar-refractivity contribution in [2.75, 3.05) is 33.7 Å². The number of aromatic nitrogens is 1. The Morgan fingerprint density at radius 3 is 2.43 bits per heavy atom. The molecule has 1 fully saturated rings. The minimum absolute atomic E-state index is 0. The minimum atomic E-state index is 0. The summed E-state index contributed by atoms with van der Waals surface area (Å²) in [4.78, 5) is 6.78. The third-order valence-electron chi connectivity index (χ3n) is 4.51. The van der Waals surface area contributed by atoms with Gasteiger partial charge in [0.25, 0.3) is 0 Å². The zero-order valence-corrected chi connectivity index (χ0v) is 16.8. The van der Waals surface area contributed by atoms with Crippen LogP contribution in [-0.2, 0) is 6.54 Å². The zero-order valence-electron chi connectivity index (χ0n) is 14.5. The van der Waals surface area contributed by atoms with Gasteiger partial charge in [-0.25, -0.2) is 0 Å². The molecule has 1 aliphatic carbocycles. The maximum Gasteiger partial charge on any atom is 0.191 e. The Balaban J connectivity index is 0.00000264. The molecule has 2 rings (SSSR count). The van der Waals surface area contributed by atoms with Crippen LogP contribution in [0.25, 0.3) is 0 Å². The molecule has 5 nitrogen and oxygen atoms in total. The maximum absolute atomic E-state index is 4.28. The van der Waals surface area contributed by atoms with Gasteiger partial charge in [0, 0.05) is 51.7 Å². The van der Waals surface area contributed by atoms with Crippen molar-refractivity contribution >= 4 is 29.9 Å². The van der Waals surface area contributed by atoms with Gasteiger partial charge in [0.2, 0.25) is 0 Å². The third-order valence-corrected chi connectivity index (χ3v) is 4.51. The van der Waals surface area contributed by atoms with E-state index in [4.69, 9.17) is 0 Å². The van der Waals surface area contributed by atoms with Gasteiger partial charge in [-0.05, 0) is 32.0 Å². The molecule has 0 aliphatic heterocycles. The lowest BCUT2D eigenvalue weighted by atomic mass is 9.94. The highest BCUT2D eigenvalue weighted by Crippen LogP contribution is 2.21. The summed E-state index contributed by atoms with van der Waals surface area (Å²) in [7, 11) is 4.08. The second-order valence-electron chi connectivity index (χ2n) is 6.12. The molecule has 0 amide bonds. The van der Waals surface area contributed by atoms with Gasteiger partial charge in [0.15, 0.2) is 5.96 Å². The Morgan fingerprint density at radius 2 is 1.78 bits per heavy atom. The van der Waals surface area contributed by atoms with Gasteiger partial charge in [-0.2, -0.15) is 0 Å². The van der Waals surface area contributed by atoms with Crippen LogP contribution in [0.5, 0.6) is 0 Å². The Hall–Kier alpha value is -0.760. The number of nitrogens with one attached hydrogen (secondary N) is 2. The number of halogens is 1. The molecule has 6 heteroatoms. The van der Waals surface area contributed by atoms with E-state index in [0.29, 0.717) is 0 Å². The molecule has 132 valence electrons. The molecule has 2 N–H and O–H groups in total. The highest BCUT2D eigenvalue weighted by Gasteiger charge is 2.17. The van der Waals surface area contributed by atoms with Crippen molar-refractivity contribution < 1.29 is 0 Å². The van der Waals surface area contributed by atoms with Crippen molar-refractivity contribution in [1.82, 2.24) is 20.1 Å². The van der Waals surface area contributed by atoms with E-state index in [0.717, 1.165) is 38.2 Å². The van der Waals surface area contributed by atoms with Crippen LogP contribution in [0.15, 0.2) is 29.5 Å². The topological polar surface area (TPSA) is 44.6 Å². The fourth-order valence-electron chi connectivity index (χ4n) is 3.10. The summed E-state index contributed by atoms with van der Waals surface area (Å²) in [6, 6.07) is 4.88. The van der Waals surface area contributed by atoms with Crippen LogP contribution < -0.4 is 10.6 Å². The standard InChI is InChI=1S/C17H31N5.HI/c1-18-17(20-11-15-22-12-6-7-13-22)19-10-14-21(2)16-8-4-3-5-9-16;/h6-7,12-13,16H,3-5,8-11,14-15H2,1-2H3,(H2,18,19,20);1H. The Bertz CT molecular complexity index is 426. The van der Waals surface area contributed by atoms with E-state index < -0.39 is 0 Å². The van der Waals surface area contributed by atoms with Crippen molar-refractivity contribution in [2.45, 2.75) is 44.7 Å². The van der Waals surface area contributed by atoms with Crippen LogP contribution in [0, 0.1) is 0 Å². The van der Waals surface area contributed by atoms with Gasteiger partial charge >= 0.3 is 0 Å². The lowest BCUT2D eigenvalue weighted by Crippen LogP contribution is -2.44. The molecular formula is C17H32IN5. The van der Waals surface area contributed by atoms with Gasteiger partial charge < -0.3 is 20.1 Å². The third kappa shape index (κ3) is 7.56. The first kappa shape index (κ1) is 20.3. The summed E-state index contributed by atoms with van der Waals surface area (Å²) in [5.41, 5.74) is 0. The van der Waals surface area contributed by atoms with Crippen LogP contribution in [0.4, 0.5) is 0 Å². The fourth-order valence-corrected chi connectivity index (χ4v) is 3.10. The van der Waals surface area contributed by atoms with E-state index >= 15 is 0 Å². The van der Waals surface area contributed by atoms with Crippen molar-refractivity contribution in [3.05, 3.63) is 24.5 Å². The lowest BCUT2D eigenvalue weighted by Gasteiger charge is -2.31. The number of hydrogen-bond acceptors (Lipinski definition) is 2. The average Bonchev–Trinajstić information content (AvgIpc) is 3.07. The largest absolute Gasteiger partial charge is 0.355 e. The highest BCUT2D eigenvalue weighted by atomic mass is 127. The SMILES string of the molecule is CN=C(NCCN(C)C1CCCCC1)NCCn1cccc1.I. The first-order valence-corrected chi connectivity index (χ1v) is 8.55. The Labute approximate surface area is 157 Å². The molecule has 1 heterocycles. The predicted molar refractivity (Wildman–Crippen MR) is 109 cm³/mol. The summed E-state index contributed by atoms with van der Waals surface area (Å²) in [6.45, 7) is 3.85. The summed E-state index contributed by atoms with van der Waals surface area (Å²) in [6.07, 6.45) is 11.1. The van der Waals surface area contributed by atoms with E-state index in [1.807, 2.05) is 19.2 Å². The predicted octanol–water partition coefficient (Wildman–Crippen LogP) is 2.54. The number of likely N-dealkylation sites (N-methyl/N-ethyl adjacent to an activating group) is 1. The molecule has 0 unspecified atom stereocenters. The van der Waals surface area contributed by atoms with E-state index in [1.165, 1.54) is 32.1 Å². The Kier molecular flexibility index (Phi) is 10.3. The normalized spacial score (nSPS) is 16.2. The lowest BCUT2D eigenvalue weighted by molar-refractivity contribution is 0.194. The molecule has 0 atom stereocenters. The summed E-state index contributed by atoms with van der Waals surface area (Å²) in [5.74, 6) is 0.893. The van der Waals surface area contributed by atoms with Crippen molar-refractivity contribution in [3.8, 4) is 0 Å². The number of hydrogen-bond donors (Lipinski definition) is 2. The van der Waals surface area contributed by atoms with Crippen LogP contribution in [0.2, 0.25) is 0 Å². The van der Waals surface area contributed by atoms with Gasteiger partial charge in [-0.1, -0.05) is 19.3 Å². The van der Waals surface area contributed by atoms with Gasteiger partial charge in [0.05, 0.1) is 0 Å². The summed E-state index contributed by atoms with van der Waals surface area (Å²) in [5, 5.41) is 6.77. The van der Waals surface area contributed by atoms with E-state index in [9.17, 15) is 0 Å². The average molecular weight is 433 g/mol. The van der Waals surface area contributed by atoms with Gasteiger partial charge in [-0.3, -0.25) is 4.99 Å². The molecule has 0 spiro atoms. The second kappa shape index (κ2) is 11.7. The molecule has 1 aromatic heterocycles. The fraction of sp³-hybridized carbons (Fsp3) is 0.706. The van der Waals surface area contributed by atoms with Crippen molar-refractivity contribution in [2.24, 2.45) is 4.99 Å². The number of guanidine groups is 1. The van der Waals surface area contributed by atoms with Gasteiger partial charge in [0.1, 0.15) is 0 Å². The first-order valence-electron chi connectivity index (χ1n) is 8.55. The summed E-state index contributed by atoms with van der Waals surface area (Å²) >= 11 is 0. The smallest absolute Gasteiger partial charge is 0.191 e. The monoisotopic (exact) mass is 433 g/mol. The zero-order chi connectivity index (χ0) is 15.6. The molecule has 1 saturated carbocycles. The molecule has 0 radical (unpaired) electrons. The van der Waals surface area contributed by atoms with Crippen LogP contribution in [0.1, 0.15) is 32.1 Å². The maximum atomic E-state index is 4.28. The van der Waals surface area contributed by atoms with Gasteiger partial charge in [-0.15, -0.1) is 24.0 Å². The molecular weight excluding hydrogens is 401 g/mol. The molecule has 23 heavy (non-hydrogen) atoms. The number of aliphatic imine (C=N–C) groups is 1. The molecule has 0 aromatic carbocycles. The minimum Gasteiger partial charge on any atom is -0.355 e. The van der Waals surface area contributed by atoms with E-state index in [1.54, 1.807) is 0 Å². The van der Waals surface area contributed by atoms with Crippen LogP contribution >= 0.6 is 24.0 Å². The number of nitrogens with zero attached hydrogens (tertiary/aromatic N) is 3. The first-order chi connectivity index (χ1) is 10.8. The van der Waals surface area contributed by atoms with E-state index in [2.05, 4.69) is 44.5 Å². The van der Waals surface area contributed by atoms with Crippen molar-refractivity contribution in [1.29, 1.82) is 0 Å². The molecule has 1 aromatic rings. The number of rotatable bonds is 7. The van der Waals surface area contributed by atoms with Crippen molar-refractivity contribution in [3.63, 3.8) is 0 Å². The quantitative estimate of drug-likeness (QED) is 0.395. The molecule has 0 saturated heterocycles. The molecule has 1 aliphatic rings. The second-order valence-corrected chi connectivity index (χ2v) is 6.12. The van der Waals surface area contributed by atoms with Crippen LogP contribution in [-0.4, -0.2) is 55.2 Å². The highest BCUT2D eigenvalue weighted by molar-refractivity contribution is 14.0. The van der Waals surface area contributed by atoms with Crippen LogP contribution in [0.3, 0.4) is 0 Å².